The van der Waals surface area contributed by atoms with Crippen molar-refractivity contribution in [3.63, 3.8) is 0 Å². The fourth-order valence-electron chi connectivity index (χ4n) is 2.76. The number of carbonyl (C=O) groups excluding carboxylic acids is 1. The molecule has 1 amide bonds. The predicted octanol–water partition coefficient (Wildman–Crippen LogP) is 4.84. The van der Waals surface area contributed by atoms with E-state index < -0.39 is 0 Å². The zero-order valence-electron chi connectivity index (χ0n) is 16.2. The van der Waals surface area contributed by atoms with Gasteiger partial charge in [-0.2, -0.15) is 0 Å². The lowest BCUT2D eigenvalue weighted by Gasteiger charge is -2.12. The molecular formula is C22H18ClN5O2S. The number of halogens is 1. The zero-order chi connectivity index (χ0) is 21.6. The van der Waals surface area contributed by atoms with Crippen LogP contribution in [0.4, 0.5) is 5.69 Å². The SMILES string of the molecule is Nn1c(SCC(=O)Nc2ccccc2Oc2ccccc2)nnc1-c1ccc(Cl)cc1. The van der Waals surface area contributed by atoms with Crippen LogP contribution in [0.15, 0.2) is 84.0 Å². The Morgan fingerprint density at radius 1 is 1.00 bits per heavy atom. The van der Waals surface area contributed by atoms with E-state index in [-0.39, 0.29) is 11.7 Å². The van der Waals surface area contributed by atoms with Crippen molar-refractivity contribution >= 4 is 35.0 Å². The van der Waals surface area contributed by atoms with Crippen LogP contribution in [0.5, 0.6) is 11.5 Å². The third kappa shape index (κ3) is 5.17. The van der Waals surface area contributed by atoms with Crippen molar-refractivity contribution in [2.45, 2.75) is 5.16 Å². The number of anilines is 1. The summed E-state index contributed by atoms with van der Waals surface area (Å²) in [5.41, 5.74) is 1.36. The summed E-state index contributed by atoms with van der Waals surface area (Å²) < 4.78 is 7.23. The summed E-state index contributed by atoms with van der Waals surface area (Å²) in [6.45, 7) is 0. The van der Waals surface area contributed by atoms with Crippen LogP contribution < -0.4 is 15.9 Å². The highest BCUT2D eigenvalue weighted by molar-refractivity contribution is 7.99. The molecule has 7 nitrogen and oxygen atoms in total. The summed E-state index contributed by atoms with van der Waals surface area (Å²) in [7, 11) is 0. The van der Waals surface area contributed by atoms with Gasteiger partial charge in [-0.15, -0.1) is 10.2 Å². The number of benzene rings is 3. The molecule has 1 aromatic heterocycles. The Morgan fingerprint density at radius 2 is 1.71 bits per heavy atom. The number of hydrogen-bond acceptors (Lipinski definition) is 6. The molecule has 31 heavy (non-hydrogen) atoms. The Bertz CT molecular complexity index is 1180. The Hall–Kier alpha value is -3.49. The van der Waals surface area contributed by atoms with Gasteiger partial charge in [0.2, 0.25) is 11.1 Å². The number of para-hydroxylation sites is 3. The molecular weight excluding hydrogens is 434 g/mol. The Morgan fingerprint density at radius 3 is 2.48 bits per heavy atom. The van der Waals surface area contributed by atoms with Crippen LogP contribution >= 0.6 is 23.4 Å². The Kier molecular flexibility index (Phi) is 6.40. The highest BCUT2D eigenvalue weighted by Gasteiger charge is 2.15. The topological polar surface area (TPSA) is 95.1 Å². The number of rotatable bonds is 7. The maximum atomic E-state index is 12.5. The van der Waals surface area contributed by atoms with Gasteiger partial charge >= 0.3 is 0 Å². The smallest absolute Gasteiger partial charge is 0.234 e. The lowest BCUT2D eigenvalue weighted by Crippen LogP contribution is -2.16. The minimum atomic E-state index is -0.217. The lowest BCUT2D eigenvalue weighted by molar-refractivity contribution is -0.113. The second kappa shape index (κ2) is 9.55. The summed E-state index contributed by atoms with van der Waals surface area (Å²) in [5.74, 6) is 7.72. The number of amides is 1. The summed E-state index contributed by atoms with van der Waals surface area (Å²) in [5, 5.41) is 12.1. The van der Waals surface area contributed by atoms with Gasteiger partial charge < -0.3 is 15.9 Å². The monoisotopic (exact) mass is 451 g/mol. The van der Waals surface area contributed by atoms with Crippen LogP contribution in [0.1, 0.15) is 0 Å². The standard InChI is InChI=1S/C22H18ClN5O2S/c23-16-12-10-15(11-13-16)21-26-27-22(28(21)24)31-14-20(29)25-18-8-4-5-9-19(18)30-17-6-2-1-3-7-17/h1-13H,14,24H2,(H,25,29). The number of nitrogens with one attached hydrogen (secondary N) is 1. The maximum Gasteiger partial charge on any atom is 0.234 e. The first-order valence-electron chi connectivity index (χ1n) is 9.31. The van der Waals surface area contributed by atoms with E-state index in [9.17, 15) is 4.79 Å². The van der Waals surface area contributed by atoms with Gasteiger partial charge in [-0.3, -0.25) is 4.79 Å². The molecule has 0 aliphatic heterocycles. The number of thioether (sulfide) groups is 1. The first-order chi connectivity index (χ1) is 15.1. The molecule has 0 spiro atoms. The highest BCUT2D eigenvalue weighted by atomic mass is 35.5. The maximum absolute atomic E-state index is 12.5. The number of nitrogen functional groups attached to an aromatic ring is 1. The van der Waals surface area contributed by atoms with Gasteiger partial charge in [-0.05, 0) is 48.5 Å². The summed E-state index contributed by atoms with van der Waals surface area (Å²) >= 11 is 7.11. The molecule has 3 N–H and O–H groups in total. The number of hydrogen-bond donors (Lipinski definition) is 2. The molecule has 3 aromatic carbocycles. The van der Waals surface area contributed by atoms with Crippen molar-refractivity contribution in [3.05, 3.63) is 83.9 Å². The van der Waals surface area contributed by atoms with E-state index in [1.165, 1.54) is 16.4 Å². The van der Waals surface area contributed by atoms with E-state index in [2.05, 4.69) is 15.5 Å². The van der Waals surface area contributed by atoms with Crippen molar-refractivity contribution < 1.29 is 9.53 Å². The highest BCUT2D eigenvalue weighted by Crippen LogP contribution is 2.29. The van der Waals surface area contributed by atoms with Crippen molar-refractivity contribution in [3.8, 4) is 22.9 Å². The fraction of sp³-hybridized carbons (Fsp3) is 0.0455. The van der Waals surface area contributed by atoms with Gasteiger partial charge in [0, 0.05) is 10.6 Å². The van der Waals surface area contributed by atoms with E-state index in [4.69, 9.17) is 22.2 Å². The number of nitrogens with two attached hydrogens (primary N) is 1. The molecule has 0 unspecified atom stereocenters. The van der Waals surface area contributed by atoms with Crippen LogP contribution in [0, 0.1) is 0 Å². The van der Waals surface area contributed by atoms with Crippen LogP contribution in [-0.4, -0.2) is 26.5 Å². The van der Waals surface area contributed by atoms with Crippen LogP contribution in [0.3, 0.4) is 0 Å². The lowest BCUT2D eigenvalue weighted by atomic mass is 10.2. The van der Waals surface area contributed by atoms with Gasteiger partial charge in [0.25, 0.3) is 0 Å². The van der Waals surface area contributed by atoms with Crippen LogP contribution in [0.25, 0.3) is 11.4 Å². The summed E-state index contributed by atoms with van der Waals surface area (Å²) in [4.78, 5) is 12.5. The van der Waals surface area contributed by atoms with Crippen LogP contribution in [0.2, 0.25) is 5.02 Å². The van der Waals surface area contributed by atoms with Crippen molar-refractivity contribution in [1.29, 1.82) is 0 Å². The van der Waals surface area contributed by atoms with Crippen molar-refractivity contribution in [1.82, 2.24) is 14.9 Å². The third-order valence-corrected chi connectivity index (χ3v) is 5.43. The molecule has 0 aliphatic carbocycles. The number of carbonyl (C=O) groups is 1. The molecule has 0 bridgehead atoms. The van der Waals surface area contributed by atoms with Gasteiger partial charge in [0.15, 0.2) is 11.6 Å². The largest absolute Gasteiger partial charge is 0.455 e. The number of nitrogens with zero attached hydrogens (tertiary/aromatic N) is 3. The molecule has 0 atom stereocenters. The minimum absolute atomic E-state index is 0.107. The van der Waals surface area contributed by atoms with Crippen LogP contribution in [-0.2, 0) is 4.79 Å². The first-order valence-corrected chi connectivity index (χ1v) is 10.7. The molecule has 0 aliphatic rings. The zero-order valence-corrected chi connectivity index (χ0v) is 17.8. The molecule has 9 heteroatoms. The molecule has 4 aromatic rings. The van der Waals surface area contributed by atoms with Gasteiger partial charge in [0.1, 0.15) is 5.75 Å². The molecule has 156 valence electrons. The quantitative estimate of drug-likeness (QED) is 0.308. The summed E-state index contributed by atoms with van der Waals surface area (Å²) in [6.07, 6.45) is 0. The van der Waals surface area contributed by atoms with E-state index in [1.807, 2.05) is 42.5 Å². The van der Waals surface area contributed by atoms with Gasteiger partial charge in [-0.25, -0.2) is 4.68 Å². The molecule has 0 radical (unpaired) electrons. The Labute approximate surface area is 188 Å². The minimum Gasteiger partial charge on any atom is -0.455 e. The molecule has 0 saturated heterocycles. The summed E-state index contributed by atoms with van der Waals surface area (Å²) in [6, 6.07) is 23.7. The normalized spacial score (nSPS) is 10.6. The number of ether oxygens (including phenoxy) is 1. The second-order valence-corrected chi connectivity index (χ2v) is 7.81. The Balaban J connectivity index is 1.40. The molecule has 4 rings (SSSR count). The van der Waals surface area contributed by atoms with E-state index in [0.717, 1.165) is 5.56 Å². The van der Waals surface area contributed by atoms with Crippen molar-refractivity contribution in [2.75, 3.05) is 16.9 Å². The fourth-order valence-corrected chi connectivity index (χ4v) is 3.54. The average Bonchev–Trinajstić information content (AvgIpc) is 3.15. The number of aromatic nitrogens is 3. The van der Waals surface area contributed by atoms with Crippen molar-refractivity contribution in [2.24, 2.45) is 0 Å². The average molecular weight is 452 g/mol. The van der Waals surface area contributed by atoms with E-state index in [0.29, 0.717) is 33.2 Å². The van der Waals surface area contributed by atoms with Gasteiger partial charge in [0.05, 0.1) is 11.4 Å². The molecule has 1 heterocycles. The molecule has 0 saturated carbocycles. The third-order valence-electron chi connectivity index (χ3n) is 4.23. The van der Waals surface area contributed by atoms with Gasteiger partial charge in [-0.1, -0.05) is 53.7 Å². The predicted molar refractivity (Wildman–Crippen MR) is 123 cm³/mol. The van der Waals surface area contributed by atoms with E-state index >= 15 is 0 Å². The first kappa shape index (κ1) is 20.8. The second-order valence-electron chi connectivity index (χ2n) is 6.43. The molecule has 0 fully saturated rings. The van der Waals surface area contributed by atoms with E-state index in [1.54, 1.807) is 36.4 Å².